The van der Waals surface area contributed by atoms with Crippen LogP contribution in [0.25, 0.3) is 0 Å². The average molecular weight is 274 g/mol. The Balaban J connectivity index is 2.21. The number of hydrogen-bond acceptors (Lipinski definition) is 3. The van der Waals surface area contributed by atoms with E-state index in [1.165, 1.54) is 5.57 Å². The van der Waals surface area contributed by atoms with Crippen LogP contribution in [-0.4, -0.2) is 5.60 Å². The highest BCUT2D eigenvalue weighted by Crippen LogP contribution is 2.53. The molecule has 1 aromatic rings. The Bertz CT molecular complexity index is 664. The second-order valence-electron chi connectivity index (χ2n) is 6.79. The van der Waals surface area contributed by atoms with Crippen molar-refractivity contribution in [3.8, 4) is 5.75 Å². The first-order chi connectivity index (χ1) is 9.28. The Kier molecular flexibility index (Phi) is 2.69. The second kappa shape index (κ2) is 4.00. The van der Waals surface area contributed by atoms with E-state index in [1.807, 2.05) is 13.8 Å². The molecule has 0 fully saturated rings. The fraction of sp³-hybridized carbons (Fsp3) is 0.588. The lowest BCUT2D eigenvalue weighted by Gasteiger charge is -2.47. The van der Waals surface area contributed by atoms with Crippen LogP contribution in [0.2, 0.25) is 0 Å². The van der Waals surface area contributed by atoms with Crippen molar-refractivity contribution in [3.05, 3.63) is 39.0 Å². The van der Waals surface area contributed by atoms with Crippen molar-refractivity contribution in [2.24, 2.45) is 5.41 Å². The van der Waals surface area contributed by atoms with Crippen molar-refractivity contribution in [3.63, 3.8) is 0 Å². The van der Waals surface area contributed by atoms with Crippen LogP contribution in [0.5, 0.6) is 5.75 Å². The maximum atomic E-state index is 12.2. The van der Waals surface area contributed by atoms with Gasteiger partial charge in [0.05, 0.1) is 5.56 Å². The van der Waals surface area contributed by atoms with E-state index >= 15 is 0 Å². The smallest absolute Gasteiger partial charge is 0.343 e. The topological polar surface area (TPSA) is 39.4 Å². The molecule has 2 heterocycles. The van der Waals surface area contributed by atoms with Crippen molar-refractivity contribution >= 4 is 0 Å². The first-order valence-corrected chi connectivity index (χ1v) is 7.28. The summed E-state index contributed by atoms with van der Waals surface area (Å²) in [5.74, 6) is 1.41. The Labute approximate surface area is 119 Å². The van der Waals surface area contributed by atoms with Crippen LogP contribution in [0.3, 0.4) is 0 Å². The van der Waals surface area contributed by atoms with Gasteiger partial charge in [0.1, 0.15) is 17.1 Å². The standard InChI is InChI=1S/C17H22O3/c1-10-7-6-8-16(4,5)17(10)9-13-14(20-17)11(2)12(3)19-15(13)18/h7H,6,8-9H2,1-5H3/t17-/m0/s1. The fourth-order valence-corrected chi connectivity index (χ4v) is 3.65. The van der Waals surface area contributed by atoms with E-state index in [4.69, 9.17) is 9.15 Å². The van der Waals surface area contributed by atoms with E-state index in [-0.39, 0.29) is 16.6 Å². The van der Waals surface area contributed by atoms with Crippen molar-refractivity contribution < 1.29 is 9.15 Å². The minimum atomic E-state index is -0.388. The van der Waals surface area contributed by atoms with Gasteiger partial charge in [-0.1, -0.05) is 19.9 Å². The highest BCUT2D eigenvalue weighted by atomic mass is 16.5. The third-order valence-electron chi connectivity index (χ3n) is 5.29. The summed E-state index contributed by atoms with van der Waals surface area (Å²) in [7, 11) is 0. The van der Waals surface area contributed by atoms with Gasteiger partial charge < -0.3 is 9.15 Å². The van der Waals surface area contributed by atoms with Crippen LogP contribution in [0.4, 0.5) is 0 Å². The van der Waals surface area contributed by atoms with Gasteiger partial charge in [0.25, 0.3) is 0 Å². The van der Waals surface area contributed by atoms with Gasteiger partial charge in [0.15, 0.2) is 0 Å². The number of hydrogen-bond donors (Lipinski definition) is 0. The molecular formula is C17H22O3. The summed E-state index contributed by atoms with van der Waals surface area (Å²) >= 11 is 0. The zero-order chi connectivity index (χ0) is 14.7. The third kappa shape index (κ3) is 1.55. The maximum absolute atomic E-state index is 12.2. The average Bonchev–Trinajstić information content (AvgIpc) is 2.77. The highest BCUT2D eigenvalue weighted by molar-refractivity contribution is 5.48. The number of allylic oxidation sites excluding steroid dienone is 1. The molecule has 20 heavy (non-hydrogen) atoms. The van der Waals surface area contributed by atoms with E-state index in [9.17, 15) is 4.79 Å². The minimum absolute atomic E-state index is 0.0115. The molecule has 0 unspecified atom stereocenters. The predicted molar refractivity (Wildman–Crippen MR) is 78.3 cm³/mol. The molecule has 1 atom stereocenters. The zero-order valence-electron chi connectivity index (χ0n) is 12.9. The van der Waals surface area contributed by atoms with Gasteiger partial charge in [-0.25, -0.2) is 4.79 Å². The molecule has 3 nitrogen and oxygen atoms in total. The molecule has 1 aromatic heterocycles. The molecule has 108 valence electrons. The lowest BCUT2D eigenvalue weighted by Crippen LogP contribution is -2.51. The first-order valence-electron chi connectivity index (χ1n) is 7.28. The monoisotopic (exact) mass is 274 g/mol. The van der Waals surface area contributed by atoms with Crippen LogP contribution < -0.4 is 10.4 Å². The summed E-state index contributed by atoms with van der Waals surface area (Å²) in [6.07, 6.45) is 5.02. The lowest BCUT2D eigenvalue weighted by atomic mass is 9.63. The van der Waals surface area contributed by atoms with E-state index in [1.54, 1.807) is 0 Å². The van der Waals surface area contributed by atoms with Crippen molar-refractivity contribution in [1.29, 1.82) is 0 Å². The molecule has 0 saturated heterocycles. The summed E-state index contributed by atoms with van der Waals surface area (Å²) < 4.78 is 11.8. The van der Waals surface area contributed by atoms with E-state index in [0.717, 1.165) is 24.2 Å². The van der Waals surface area contributed by atoms with E-state index in [0.29, 0.717) is 17.7 Å². The quantitative estimate of drug-likeness (QED) is 0.677. The van der Waals surface area contributed by atoms with Crippen LogP contribution >= 0.6 is 0 Å². The maximum Gasteiger partial charge on any atom is 0.343 e. The van der Waals surface area contributed by atoms with Gasteiger partial charge in [-0.3, -0.25) is 0 Å². The molecule has 0 radical (unpaired) electrons. The largest absolute Gasteiger partial charge is 0.481 e. The summed E-state index contributed by atoms with van der Waals surface area (Å²) in [6.45, 7) is 10.4. The van der Waals surface area contributed by atoms with Gasteiger partial charge in [0, 0.05) is 17.4 Å². The zero-order valence-corrected chi connectivity index (χ0v) is 12.9. The molecule has 1 aliphatic carbocycles. The molecule has 0 saturated carbocycles. The Morgan fingerprint density at radius 3 is 2.55 bits per heavy atom. The molecule has 3 heteroatoms. The van der Waals surface area contributed by atoms with Crippen LogP contribution in [0.1, 0.15) is 50.5 Å². The van der Waals surface area contributed by atoms with Crippen molar-refractivity contribution in [2.75, 3.05) is 0 Å². The molecule has 1 aliphatic heterocycles. The SMILES string of the molecule is CC1=CCCC(C)(C)[C@]12Cc1c(c(C)c(C)oc1=O)O2. The molecular weight excluding hydrogens is 252 g/mol. The van der Waals surface area contributed by atoms with Crippen LogP contribution in [-0.2, 0) is 6.42 Å². The summed E-state index contributed by atoms with van der Waals surface area (Å²) in [4.78, 5) is 12.2. The Morgan fingerprint density at radius 2 is 1.90 bits per heavy atom. The molecule has 0 amide bonds. The lowest BCUT2D eigenvalue weighted by molar-refractivity contribution is -0.00434. The Hall–Kier alpha value is -1.51. The van der Waals surface area contributed by atoms with Gasteiger partial charge >= 0.3 is 5.63 Å². The number of fused-ring (bicyclic) bond motifs is 1. The minimum Gasteiger partial charge on any atom is -0.481 e. The first kappa shape index (κ1) is 13.5. The van der Waals surface area contributed by atoms with Gasteiger partial charge in [-0.15, -0.1) is 0 Å². The molecule has 2 aliphatic rings. The normalized spacial score (nSPS) is 27.1. The summed E-state index contributed by atoms with van der Waals surface area (Å²) in [5.41, 5.74) is 2.27. The predicted octanol–water partition coefficient (Wildman–Crippen LogP) is 3.70. The van der Waals surface area contributed by atoms with Crippen LogP contribution in [0, 0.1) is 19.3 Å². The number of aryl methyl sites for hydroxylation is 1. The Morgan fingerprint density at radius 1 is 1.20 bits per heavy atom. The highest BCUT2D eigenvalue weighted by Gasteiger charge is 2.54. The molecule has 1 spiro atoms. The second-order valence-corrected chi connectivity index (χ2v) is 6.79. The fourth-order valence-electron chi connectivity index (χ4n) is 3.65. The van der Waals surface area contributed by atoms with Gasteiger partial charge in [-0.05, 0) is 39.2 Å². The number of rotatable bonds is 0. The molecule has 3 rings (SSSR count). The molecule has 0 aromatic carbocycles. The van der Waals surface area contributed by atoms with E-state index < -0.39 is 0 Å². The van der Waals surface area contributed by atoms with Crippen LogP contribution in [0.15, 0.2) is 20.9 Å². The molecule has 0 N–H and O–H groups in total. The summed E-state index contributed by atoms with van der Waals surface area (Å²) in [6, 6.07) is 0. The van der Waals surface area contributed by atoms with Gasteiger partial charge in [-0.2, -0.15) is 0 Å². The van der Waals surface area contributed by atoms with Crippen molar-refractivity contribution in [1.82, 2.24) is 0 Å². The third-order valence-corrected chi connectivity index (χ3v) is 5.29. The van der Waals surface area contributed by atoms with Crippen molar-refractivity contribution in [2.45, 2.75) is 59.5 Å². The number of ether oxygens (including phenoxy) is 1. The summed E-state index contributed by atoms with van der Waals surface area (Å²) in [5, 5.41) is 0. The van der Waals surface area contributed by atoms with E-state index in [2.05, 4.69) is 26.8 Å². The molecule has 0 bridgehead atoms. The van der Waals surface area contributed by atoms with Gasteiger partial charge in [0.2, 0.25) is 0 Å².